The average Bonchev–Trinajstić information content (AvgIpc) is 3.61. The first-order valence-electron chi connectivity index (χ1n) is 10.9. The van der Waals surface area contributed by atoms with E-state index in [2.05, 4.69) is 20.2 Å². The van der Waals surface area contributed by atoms with E-state index in [0.29, 0.717) is 17.0 Å². The number of nitrogens with two attached hydrogens (primary N) is 1. The molecule has 4 heterocycles. The normalized spacial score (nSPS) is 18.6. The summed E-state index contributed by atoms with van der Waals surface area (Å²) >= 11 is 2.44. The Bertz CT molecular complexity index is 1190. The minimum absolute atomic E-state index is 0.0988. The van der Waals surface area contributed by atoms with Gasteiger partial charge in [0.1, 0.15) is 17.0 Å². The number of likely N-dealkylation sites (tertiary alicyclic amines) is 1. The molecule has 0 bridgehead atoms. The van der Waals surface area contributed by atoms with Crippen LogP contribution in [0.3, 0.4) is 0 Å². The Balaban J connectivity index is 1.51. The lowest BCUT2D eigenvalue weighted by molar-refractivity contribution is -0.131. The molecule has 0 aromatic carbocycles. The Morgan fingerprint density at radius 2 is 2.11 bits per heavy atom. The van der Waals surface area contributed by atoms with Crippen LogP contribution < -0.4 is 16.4 Å². The van der Waals surface area contributed by atoms with Crippen LogP contribution in [0.15, 0.2) is 40.3 Å². The molecule has 13 heteroatoms. The molecular weight excluding hydrogens is 492 g/mol. The summed E-state index contributed by atoms with van der Waals surface area (Å²) in [5, 5.41) is 11.3. The Labute approximate surface area is 208 Å². The summed E-state index contributed by atoms with van der Waals surface area (Å²) in [5.74, 6) is -1.89. The first-order chi connectivity index (χ1) is 16.8. The highest BCUT2D eigenvalue weighted by atomic mass is 32.1. The molecule has 35 heavy (non-hydrogen) atoms. The summed E-state index contributed by atoms with van der Waals surface area (Å²) in [6, 6.07) is 4.53. The Morgan fingerprint density at radius 1 is 1.29 bits per heavy atom. The van der Waals surface area contributed by atoms with E-state index in [0.717, 1.165) is 16.4 Å². The fourth-order valence-electron chi connectivity index (χ4n) is 3.94. The number of thiophene rings is 1. The smallest absolute Gasteiger partial charge is 0.290 e. The van der Waals surface area contributed by atoms with Crippen molar-refractivity contribution in [2.24, 2.45) is 5.73 Å². The summed E-state index contributed by atoms with van der Waals surface area (Å²) in [6.07, 6.45) is 2.21. The number of piperidine rings is 1. The number of nitrogens with one attached hydrogen (secondary N) is 2. The van der Waals surface area contributed by atoms with Crippen LogP contribution >= 0.6 is 22.9 Å². The van der Waals surface area contributed by atoms with Crippen molar-refractivity contribution in [3.05, 3.63) is 57.1 Å². The molecule has 1 aliphatic rings. The molecule has 0 radical (unpaired) electrons. The monoisotopic (exact) mass is 516 g/mol. The molecule has 3 aromatic heterocycles. The van der Waals surface area contributed by atoms with Crippen molar-refractivity contribution in [2.45, 2.75) is 44.3 Å². The third-order valence-corrected chi connectivity index (χ3v) is 7.46. The van der Waals surface area contributed by atoms with Crippen LogP contribution in [0.25, 0.3) is 0 Å². The van der Waals surface area contributed by atoms with E-state index in [9.17, 15) is 19.2 Å². The second kappa shape index (κ2) is 10.8. The molecule has 3 unspecified atom stereocenters. The van der Waals surface area contributed by atoms with E-state index >= 15 is 0 Å². The number of carbonyl (C=O) groups excluding carboxylic acids is 4. The van der Waals surface area contributed by atoms with Crippen molar-refractivity contribution < 1.29 is 23.6 Å². The van der Waals surface area contributed by atoms with E-state index in [-0.39, 0.29) is 37.1 Å². The van der Waals surface area contributed by atoms with Gasteiger partial charge in [0.15, 0.2) is 5.76 Å². The lowest BCUT2D eigenvalue weighted by Crippen LogP contribution is -2.59. The highest BCUT2D eigenvalue weighted by molar-refractivity contribution is 7.09. The summed E-state index contributed by atoms with van der Waals surface area (Å²) in [6.45, 7) is 1.89. The van der Waals surface area contributed by atoms with Gasteiger partial charge < -0.3 is 25.7 Å². The lowest BCUT2D eigenvalue weighted by atomic mass is 9.95. The number of hydrogen-bond donors (Lipinski definition) is 3. The first kappa shape index (κ1) is 24.5. The number of carbonyl (C=O) groups is 4. The molecular formula is C22H24N6O5S2. The highest BCUT2D eigenvalue weighted by Crippen LogP contribution is 2.22. The van der Waals surface area contributed by atoms with Gasteiger partial charge in [-0.2, -0.15) is 0 Å². The largest absolute Gasteiger partial charge is 0.459 e. The molecule has 0 aliphatic carbocycles. The SMILES string of the molecule is Cc1nnsc1C(=O)NC1CCN(C(=O)c2ccco2)C(C(=O)NC(Cc2cccs2)C(N)=O)C1. The molecule has 1 saturated heterocycles. The fourth-order valence-corrected chi connectivity index (χ4v) is 5.25. The molecule has 0 saturated carbocycles. The molecule has 184 valence electrons. The van der Waals surface area contributed by atoms with Gasteiger partial charge in [0.2, 0.25) is 11.8 Å². The van der Waals surface area contributed by atoms with Gasteiger partial charge >= 0.3 is 0 Å². The zero-order valence-corrected chi connectivity index (χ0v) is 20.4. The van der Waals surface area contributed by atoms with Gasteiger partial charge in [0.05, 0.1) is 12.0 Å². The lowest BCUT2D eigenvalue weighted by Gasteiger charge is -2.38. The maximum atomic E-state index is 13.4. The fraction of sp³-hybridized carbons (Fsp3) is 0.364. The van der Waals surface area contributed by atoms with Gasteiger partial charge in [-0.25, -0.2) is 0 Å². The number of rotatable bonds is 8. The summed E-state index contributed by atoms with van der Waals surface area (Å²) < 4.78 is 9.02. The number of hydrogen-bond acceptors (Lipinski definition) is 9. The second-order valence-electron chi connectivity index (χ2n) is 8.12. The molecule has 11 nitrogen and oxygen atoms in total. The van der Waals surface area contributed by atoms with E-state index in [1.807, 2.05) is 17.5 Å². The van der Waals surface area contributed by atoms with Gasteiger partial charge in [-0.15, -0.1) is 16.4 Å². The van der Waals surface area contributed by atoms with Gasteiger partial charge in [-0.05, 0) is 54.9 Å². The van der Waals surface area contributed by atoms with Crippen LogP contribution in [-0.4, -0.2) is 62.8 Å². The third kappa shape index (κ3) is 5.74. The van der Waals surface area contributed by atoms with Crippen LogP contribution in [-0.2, 0) is 16.0 Å². The van der Waals surface area contributed by atoms with Gasteiger partial charge in [-0.3, -0.25) is 19.2 Å². The van der Waals surface area contributed by atoms with Crippen molar-refractivity contribution in [3.8, 4) is 0 Å². The van der Waals surface area contributed by atoms with Crippen LogP contribution in [0, 0.1) is 6.92 Å². The standard InChI is InChI=1S/C22H24N6O5S2/c1-12-18(35-27-26-12)21(31)24-13-6-7-28(22(32)17-5-2-8-33-17)16(10-13)20(30)25-15(19(23)29)11-14-4-3-9-34-14/h2-5,8-9,13,15-16H,6-7,10-11H2,1H3,(H2,23,29)(H,24,31)(H,25,30). The predicted molar refractivity (Wildman–Crippen MR) is 128 cm³/mol. The van der Waals surface area contributed by atoms with Crippen molar-refractivity contribution in [2.75, 3.05) is 6.54 Å². The third-order valence-electron chi connectivity index (χ3n) is 5.74. The predicted octanol–water partition coefficient (Wildman–Crippen LogP) is 1.12. The second-order valence-corrected chi connectivity index (χ2v) is 9.91. The maximum Gasteiger partial charge on any atom is 0.290 e. The number of aromatic nitrogens is 2. The average molecular weight is 517 g/mol. The zero-order chi connectivity index (χ0) is 24.9. The van der Waals surface area contributed by atoms with Crippen LogP contribution in [0.1, 0.15) is 43.6 Å². The molecule has 3 aromatic rings. The van der Waals surface area contributed by atoms with Crippen molar-refractivity contribution in [1.29, 1.82) is 0 Å². The molecule has 4 rings (SSSR count). The maximum absolute atomic E-state index is 13.4. The zero-order valence-electron chi connectivity index (χ0n) is 18.8. The van der Waals surface area contributed by atoms with Gasteiger partial charge in [0, 0.05) is 23.9 Å². The number of amides is 4. The number of primary amides is 1. The molecule has 4 amide bonds. The Kier molecular flexibility index (Phi) is 7.56. The highest BCUT2D eigenvalue weighted by Gasteiger charge is 2.39. The molecule has 4 N–H and O–H groups in total. The summed E-state index contributed by atoms with van der Waals surface area (Å²) in [4.78, 5) is 53.9. The number of furan rings is 1. The minimum atomic E-state index is -0.947. The van der Waals surface area contributed by atoms with E-state index < -0.39 is 29.8 Å². The van der Waals surface area contributed by atoms with Crippen molar-refractivity contribution in [3.63, 3.8) is 0 Å². The van der Waals surface area contributed by atoms with Gasteiger partial charge in [-0.1, -0.05) is 10.6 Å². The Morgan fingerprint density at radius 3 is 2.74 bits per heavy atom. The molecule has 1 aliphatic heterocycles. The number of nitrogens with zero attached hydrogens (tertiary/aromatic N) is 3. The topological polar surface area (TPSA) is 161 Å². The Hall–Kier alpha value is -3.58. The van der Waals surface area contributed by atoms with Crippen LogP contribution in [0.4, 0.5) is 0 Å². The van der Waals surface area contributed by atoms with Crippen molar-refractivity contribution in [1.82, 2.24) is 25.1 Å². The van der Waals surface area contributed by atoms with Crippen LogP contribution in [0.2, 0.25) is 0 Å². The molecule has 0 spiro atoms. The van der Waals surface area contributed by atoms with Gasteiger partial charge in [0.25, 0.3) is 11.8 Å². The number of aryl methyl sites for hydroxylation is 1. The van der Waals surface area contributed by atoms with Crippen molar-refractivity contribution >= 4 is 46.5 Å². The van der Waals surface area contributed by atoms with E-state index in [1.54, 1.807) is 13.0 Å². The quantitative estimate of drug-likeness (QED) is 0.404. The van der Waals surface area contributed by atoms with E-state index in [1.165, 1.54) is 28.6 Å². The first-order valence-corrected chi connectivity index (χ1v) is 12.5. The minimum Gasteiger partial charge on any atom is -0.459 e. The van der Waals surface area contributed by atoms with Crippen LogP contribution in [0.5, 0.6) is 0 Å². The molecule has 1 fully saturated rings. The summed E-state index contributed by atoms with van der Waals surface area (Å²) in [7, 11) is 0. The summed E-state index contributed by atoms with van der Waals surface area (Å²) in [5.41, 5.74) is 6.07. The van der Waals surface area contributed by atoms with E-state index in [4.69, 9.17) is 10.2 Å². The molecule has 3 atom stereocenters.